The lowest BCUT2D eigenvalue weighted by molar-refractivity contribution is -0.0666. The molecule has 0 unspecified atom stereocenters. The van der Waals surface area contributed by atoms with Crippen LogP contribution in [0.4, 0.5) is 0 Å². The van der Waals surface area contributed by atoms with Crippen molar-refractivity contribution in [1.82, 2.24) is 9.55 Å². The highest BCUT2D eigenvalue weighted by atomic mass is 16.6. The van der Waals surface area contributed by atoms with Crippen LogP contribution in [0.15, 0.2) is 70.4 Å². The van der Waals surface area contributed by atoms with E-state index in [1.807, 2.05) is 0 Å². The zero-order chi connectivity index (χ0) is 23.4. The molecule has 6 rings (SSSR count). The van der Waals surface area contributed by atoms with Crippen molar-refractivity contribution >= 4 is 32.3 Å². The minimum atomic E-state index is -0.773. The van der Waals surface area contributed by atoms with Gasteiger partial charge in [0.2, 0.25) is 0 Å². The Morgan fingerprint density at radius 3 is 2.53 bits per heavy atom. The number of aliphatic hydroxyl groups excluding tert-OH is 1. The number of hydrogen-bond donors (Lipinski definition) is 2. The number of hydrogen-bond acceptors (Lipinski definition) is 5. The zero-order valence-electron chi connectivity index (χ0n) is 18.7. The molecule has 1 aromatic heterocycles. The molecule has 172 valence electrons. The highest BCUT2D eigenvalue weighted by molar-refractivity contribution is 6.23. The number of rotatable bonds is 5. The molecular formula is C27H24N2O5. The van der Waals surface area contributed by atoms with Crippen LogP contribution in [0.25, 0.3) is 32.3 Å². The monoisotopic (exact) mass is 456 g/mol. The third-order valence-electron chi connectivity index (χ3n) is 6.82. The van der Waals surface area contributed by atoms with E-state index in [-0.39, 0.29) is 13.0 Å². The van der Waals surface area contributed by atoms with E-state index >= 15 is 0 Å². The lowest BCUT2D eigenvalue weighted by atomic mass is 9.92. The molecule has 0 spiro atoms. The molecule has 5 aromatic rings. The number of aryl methyl sites for hydroxylation is 1. The van der Waals surface area contributed by atoms with E-state index < -0.39 is 29.7 Å². The fourth-order valence-electron chi connectivity index (χ4n) is 5.04. The number of nitrogens with zero attached hydrogens (tertiary/aromatic N) is 1. The van der Waals surface area contributed by atoms with Crippen LogP contribution in [0, 0.1) is 6.92 Å². The van der Waals surface area contributed by atoms with Gasteiger partial charge in [-0.05, 0) is 44.8 Å². The molecule has 1 aliphatic heterocycles. The highest BCUT2D eigenvalue weighted by Crippen LogP contribution is 2.36. The largest absolute Gasteiger partial charge is 0.390 e. The molecule has 7 nitrogen and oxygen atoms in total. The topological polar surface area (TPSA) is 93.6 Å². The van der Waals surface area contributed by atoms with E-state index in [4.69, 9.17) is 9.47 Å². The molecule has 0 amide bonds. The number of nitrogens with one attached hydrogen (secondary N) is 1. The van der Waals surface area contributed by atoms with Crippen LogP contribution >= 0.6 is 0 Å². The van der Waals surface area contributed by atoms with E-state index in [2.05, 4.69) is 59.6 Å². The summed E-state index contributed by atoms with van der Waals surface area (Å²) in [5.74, 6) is 0. The standard InChI is InChI=1S/C27H24N2O5/c1-15-12-29(27(32)28-26(15)31)23-11-21(30)22(34-23)14-33-13-19-8-7-18-6-5-16-3-2-4-17-9-10-20(19)25(18)24(16)17/h2-10,12,21-23,30H,11,13-14H2,1H3,(H,28,31,32)/t21-,22+,23+/m0/s1. The summed E-state index contributed by atoms with van der Waals surface area (Å²) >= 11 is 0. The predicted octanol–water partition coefficient (Wildman–Crippen LogP) is 3.61. The van der Waals surface area contributed by atoms with E-state index in [9.17, 15) is 14.7 Å². The molecule has 0 aliphatic carbocycles. The molecule has 1 saturated heterocycles. The van der Waals surface area contributed by atoms with Gasteiger partial charge >= 0.3 is 5.69 Å². The van der Waals surface area contributed by atoms with Crippen LogP contribution in [0.1, 0.15) is 23.8 Å². The first kappa shape index (κ1) is 21.0. The maximum Gasteiger partial charge on any atom is 0.330 e. The Hall–Kier alpha value is -3.52. The van der Waals surface area contributed by atoms with Gasteiger partial charge in [0, 0.05) is 18.2 Å². The SMILES string of the molecule is Cc1cn([C@H]2C[C@H](O)[C@@H](COCc3ccc4ccc5cccc6ccc3c4c56)O2)c(=O)[nH]c1=O. The van der Waals surface area contributed by atoms with Gasteiger partial charge in [-0.3, -0.25) is 14.3 Å². The summed E-state index contributed by atoms with van der Waals surface area (Å²) in [4.78, 5) is 26.1. The van der Waals surface area contributed by atoms with Crippen molar-refractivity contribution in [2.24, 2.45) is 0 Å². The van der Waals surface area contributed by atoms with Gasteiger partial charge in [0.1, 0.15) is 12.3 Å². The molecule has 0 saturated carbocycles. The van der Waals surface area contributed by atoms with Crippen molar-refractivity contribution < 1.29 is 14.6 Å². The summed E-state index contributed by atoms with van der Waals surface area (Å²) in [5, 5.41) is 17.8. The number of aliphatic hydroxyl groups is 1. The van der Waals surface area contributed by atoms with Gasteiger partial charge in [-0.15, -0.1) is 0 Å². The second kappa shape index (κ2) is 8.06. The lowest BCUT2D eigenvalue weighted by Crippen LogP contribution is -2.33. The molecule has 3 atom stereocenters. The molecular weight excluding hydrogens is 432 g/mol. The van der Waals surface area contributed by atoms with E-state index in [1.54, 1.807) is 6.92 Å². The van der Waals surface area contributed by atoms with Gasteiger partial charge in [-0.2, -0.15) is 0 Å². The van der Waals surface area contributed by atoms with Gasteiger partial charge in [0.25, 0.3) is 5.56 Å². The maximum atomic E-state index is 12.2. The van der Waals surface area contributed by atoms with E-state index in [1.165, 1.54) is 37.7 Å². The van der Waals surface area contributed by atoms with Crippen molar-refractivity contribution in [3.05, 3.63) is 92.8 Å². The van der Waals surface area contributed by atoms with Gasteiger partial charge in [-0.25, -0.2) is 4.79 Å². The minimum absolute atomic E-state index is 0.191. The molecule has 1 fully saturated rings. The van der Waals surface area contributed by atoms with E-state index in [0.717, 1.165) is 10.9 Å². The quantitative estimate of drug-likeness (QED) is 0.394. The summed E-state index contributed by atoms with van der Waals surface area (Å²) in [5.41, 5.74) is 0.504. The molecule has 2 heterocycles. The minimum Gasteiger partial charge on any atom is -0.390 e. The molecule has 34 heavy (non-hydrogen) atoms. The molecule has 1 aliphatic rings. The average Bonchev–Trinajstić information content (AvgIpc) is 3.20. The second-order valence-electron chi connectivity index (χ2n) is 9.01. The summed E-state index contributed by atoms with van der Waals surface area (Å²) in [6.45, 7) is 2.19. The normalized spacial score (nSPS) is 20.7. The number of ether oxygens (including phenoxy) is 2. The van der Waals surface area contributed by atoms with Crippen LogP contribution in [-0.4, -0.2) is 33.5 Å². The fourth-order valence-corrected chi connectivity index (χ4v) is 5.04. The Kier molecular flexibility index (Phi) is 4.99. The van der Waals surface area contributed by atoms with Crippen LogP contribution in [0.2, 0.25) is 0 Å². The lowest BCUT2D eigenvalue weighted by Gasteiger charge is -2.17. The third-order valence-corrected chi connectivity index (χ3v) is 6.82. The van der Waals surface area contributed by atoms with Crippen molar-refractivity contribution in [2.75, 3.05) is 6.61 Å². The molecule has 0 bridgehead atoms. The number of H-pyrrole nitrogens is 1. The van der Waals surface area contributed by atoms with Crippen LogP contribution in [-0.2, 0) is 16.1 Å². The highest BCUT2D eigenvalue weighted by Gasteiger charge is 2.35. The third kappa shape index (κ3) is 3.40. The second-order valence-corrected chi connectivity index (χ2v) is 9.01. The number of aromatic amines is 1. The smallest absolute Gasteiger partial charge is 0.330 e. The Morgan fingerprint density at radius 1 is 1.03 bits per heavy atom. The summed E-state index contributed by atoms with van der Waals surface area (Å²) in [7, 11) is 0. The van der Waals surface area contributed by atoms with Gasteiger partial charge in [0.05, 0.1) is 19.3 Å². The Labute approximate surface area is 194 Å². The summed E-state index contributed by atoms with van der Waals surface area (Å²) in [6.07, 6.45) is -0.277. The first-order valence-corrected chi connectivity index (χ1v) is 11.4. The van der Waals surface area contributed by atoms with E-state index in [0.29, 0.717) is 12.2 Å². The molecule has 4 aromatic carbocycles. The zero-order valence-corrected chi connectivity index (χ0v) is 18.7. The first-order chi connectivity index (χ1) is 16.5. The molecule has 2 N–H and O–H groups in total. The van der Waals surface area contributed by atoms with Crippen molar-refractivity contribution in [3.63, 3.8) is 0 Å². The fraction of sp³-hybridized carbons (Fsp3) is 0.259. The van der Waals surface area contributed by atoms with Crippen LogP contribution < -0.4 is 11.2 Å². The number of benzene rings is 4. The predicted molar refractivity (Wildman–Crippen MR) is 130 cm³/mol. The maximum absolute atomic E-state index is 12.2. The van der Waals surface area contributed by atoms with Crippen LogP contribution in [0.5, 0.6) is 0 Å². The average molecular weight is 456 g/mol. The van der Waals surface area contributed by atoms with Crippen LogP contribution in [0.3, 0.4) is 0 Å². The van der Waals surface area contributed by atoms with Gasteiger partial charge in [0.15, 0.2) is 0 Å². The van der Waals surface area contributed by atoms with Gasteiger partial charge < -0.3 is 14.6 Å². The van der Waals surface area contributed by atoms with Crippen molar-refractivity contribution in [1.29, 1.82) is 0 Å². The Morgan fingerprint density at radius 2 is 1.74 bits per heavy atom. The summed E-state index contributed by atoms with van der Waals surface area (Å²) < 4.78 is 13.2. The Balaban J connectivity index is 1.21. The van der Waals surface area contributed by atoms with Crippen molar-refractivity contribution in [3.8, 4) is 0 Å². The van der Waals surface area contributed by atoms with Crippen molar-refractivity contribution in [2.45, 2.75) is 38.4 Å². The van der Waals surface area contributed by atoms with Gasteiger partial charge in [-0.1, -0.05) is 54.6 Å². The molecule has 0 radical (unpaired) electrons. The first-order valence-electron chi connectivity index (χ1n) is 11.4. The summed E-state index contributed by atoms with van der Waals surface area (Å²) in [6, 6.07) is 19.1. The Bertz CT molecular complexity index is 1620. The number of aromatic nitrogens is 2. The molecule has 7 heteroatoms.